The van der Waals surface area contributed by atoms with Gasteiger partial charge < -0.3 is 9.31 Å². The van der Waals surface area contributed by atoms with E-state index in [4.69, 9.17) is 9.31 Å². The second-order valence-electron chi connectivity index (χ2n) is 6.69. The van der Waals surface area contributed by atoms with Crippen LogP contribution in [0.2, 0.25) is 6.32 Å². The zero-order chi connectivity index (χ0) is 12.6. The lowest BCUT2D eigenvalue weighted by atomic mass is 9.83. The van der Waals surface area contributed by atoms with E-state index >= 15 is 0 Å². The maximum absolute atomic E-state index is 5.91. The van der Waals surface area contributed by atoms with Gasteiger partial charge in [-0.1, -0.05) is 32.9 Å². The molecule has 0 spiro atoms. The van der Waals surface area contributed by atoms with Crippen LogP contribution in [0.25, 0.3) is 0 Å². The lowest BCUT2D eigenvalue weighted by molar-refractivity contribution is 0.00578. The molecule has 0 bridgehead atoms. The molecular weight excluding hydrogens is 199 g/mol. The zero-order valence-electron chi connectivity index (χ0n) is 11.8. The molecule has 1 heterocycles. The molecule has 0 atom stereocenters. The van der Waals surface area contributed by atoms with Crippen molar-refractivity contribution in [1.29, 1.82) is 0 Å². The Labute approximate surface area is 101 Å². The molecule has 0 aliphatic carbocycles. The molecule has 1 aliphatic heterocycles. The summed E-state index contributed by atoms with van der Waals surface area (Å²) in [6.07, 6.45) is 5.18. The largest absolute Gasteiger partial charge is 0.461 e. The van der Waals surface area contributed by atoms with Crippen LogP contribution in [0.3, 0.4) is 0 Å². The van der Waals surface area contributed by atoms with E-state index in [1.165, 1.54) is 0 Å². The molecule has 0 amide bonds. The van der Waals surface area contributed by atoms with Crippen LogP contribution in [0.15, 0.2) is 12.2 Å². The topological polar surface area (TPSA) is 18.5 Å². The van der Waals surface area contributed by atoms with Crippen molar-refractivity contribution in [3.05, 3.63) is 12.2 Å². The summed E-state index contributed by atoms with van der Waals surface area (Å²) in [4.78, 5) is 0. The number of hydrogen-bond acceptors (Lipinski definition) is 2. The predicted octanol–water partition coefficient (Wildman–Crippen LogP) is 3.68. The van der Waals surface area contributed by atoms with Gasteiger partial charge in [0.2, 0.25) is 0 Å². The fraction of sp³-hybridized carbons (Fsp3) is 0.846. The maximum atomic E-state index is 5.91. The third-order valence-corrected chi connectivity index (χ3v) is 3.25. The molecule has 1 saturated heterocycles. The minimum atomic E-state index is -0.215. The van der Waals surface area contributed by atoms with Crippen molar-refractivity contribution in [3.63, 3.8) is 0 Å². The maximum Gasteiger partial charge on any atom is 0.461 e. The van der Waals surface area contributed by atoms with Crippen LogP contribution in [-0.4, -0.2) is 18.3 Å². The van der Waals surface area contributed by atoms with Gasteiger partial charge in [-0.25, -0.2) is 0 Å². The third-order valence-electron chi connectivity index (χ3n) is 3.25. The van der Waals surface area contributed by atoms with Gasteiger partial charge in [0.1, 0.15) is 0 Å². The first kappa shape index (κ1) is 13.8. The summed E-state index contributed by atoms with van der Waals surface area (Å²) in [5, 5.41) is 0. The van der Waals surface area contributed by atoms with Gasteiger partial charge in [-0.2, -0.15) is 0 Å². The van der Waals surface area contributed by atoms with Crippen molar-refractivity contribution in [2.45, 2.75) is 66.0 Å². The minimum absolute atomic E-state index is 0.108. The highest BCUT2D eigenvalue weighted by Gasteiger charge is 2.50. The average molecular weight is 224 g/mol. The van der Waals surface area contributed by atoms with Gasteiger partial charge in [-0.3, -0.25) is 0 Å². The van der Waals surface area contributed by atoms with Gasteiger partial charge in [0, 0.05) is 6.32 Å². The number of allylic oxidation sites excluding steroid dienone is 2. The highest BCUT2D eigenvalue weighted by atomic mass is 16.7. The monoisotopic (exact) mass is 224 g/mol. The van der Waals surface area contributed by atoms with Gasteiger partial charge in [-0.05, 0) is 33.1 Å². The molecule has 0 N–H and O–H groups in total. The van der Waals surface area contributed by atoms with E-state index in [0.717, 1.165) is 6.32 Å². The Morgan fingerprint density at radius 1 is 1.00 bits per heavy atom. The van der Waals surface area contributed by atoms with Gasteiger partial charge in [0.15, 0.2) is 0 Å². The quantitative estimate of drug-likeness (QED) is 0.526. The van der Waals surface area contributed by atoms with E-state index in [9.17, 15) is 0 Å². The van der Waals surface area contributed by atoms with E-state index in [0.29, 0.717) is 0 Å². The Hall–Kier alpha value is -0.275. The van der Waals surface area contributed by atoms with Crippen LogP contribution in [0.1, 0.15) is 48.5 Å². The van der Waals surface area contributed by atoms with E-state index in [-0.39, 0.29) is 23.7 Å². The van der Waals surface area contributed by atoms with E-state index in [1.807, 2.05) is 0 Å². The van der Waals surface area contributed by atoms with Gasteiger partial charge in [-0.15, -0.1) is 0 Å². The summed E-state index contributed by atoms with van der Waals surface area (Å²) in [6.45, 7) is 14.9. The van der Waals surface area contributed by atoms with Crippen LogP contribution < -0.4 is 0 Å². The first-order chi connectivity index (χ1) is 7.04. The molecule has 3 heteroatoms. The van der Waals surface area contributed by atoms with Crippen molar-refractivity contribution in [1.82, 2.24) is 0 Å². The number of rotatable bonds is 2. The second kappa shape index (κ2) is 4.19. The highest BCUT2D eigenvalue weighted by Crippen LogP contribution is 2.37. The molecule has 0 aromatic carbocycles. The summed E-state index contributed by atoms with van der Waals surface area (Å²) in [6, 6.07) is 0. The molecule has 0 aromatic heterocycles. The smallest absolute Gasteiger partial charge is 0.403 e. The standard InChI is InChI=1S/C13H25BO2/c1-11(2,3)9-8-10-14-15-12(4,5)13(6,7)16-14/h8-9H,10H2,1-7H3/b9-8+. The zero-order valence-corrected chi connectivity index (χ0v) is 11.8. The molecule has 1 rings (SSSR count). The first-order valence-electron chi connectivity index (χ1n) is 6.07. The Morgan fingerprint density at radius 2 is 1.44 bits per heavy atom. The molecule has 0 saturated carbocycles. The van der Waals surface area contributed by atoms with Gasteiger partial charge >= 0.3 is 7.12 Å². The summed E-state index contributed by atoms with van der Waals surface area (Å²) in [5.41, 5.74) is -0.204. The molecule has 2 nitrogen and oxygen atoms in total. The predicted molar refractivity (Wildman–Crippen MR) is 69.5 cm³/mol. The summed E-state index contributed by atoms with van der Waals surface area (Å²) in [5.74, 6) is 0. The summed E-state index contributed by atoms with van der Waals surface area (Å²) >= 11 is 0. The Balaban J connectivity index is 2.52. The molecule has 1 fully saturated rings. The van der Waals surface area contributed by atoms with E-state index in [1.54, 1.807) is 0 Å². The van der Waals surface area contributed by atoms with Crippen molar-refractivity contribution >= 4 is 7.12 Å². The Morgan fingerprint density at radius 3 is 1.81 bits per heavy atom. The van der Waals surface area contributed by atoms with Crippen molar-refractivity contribution in [2.24, 2.45) is 5.41 Å². The fourth-order valence-corrected chi connectivity index (χ4v) is 1.59. The summed E-state index contributed by atoms with van der Waals surface area (Å²) in [7, 11) is -0.108. The van der Waals surface area contributed by atoms with Crippen molar-refractivity contribution in [3.8, 4) is 0 Å². The molecular formula is C13H25BO2. The second-order valence-corrected chi connectivity index (χ2v) is 6.69. The van der Waals surface area contributed by atoms with E-state index < -0.39 is 0 Å². The third kappa shape index (κ3) is 3.36. The van der Waals surface area contributed by atoms with Crippen LogP contribution in [0.4, 0.5) is 0 Å². The Bertz CT molecular complexity index is 258. The first-order valence-corrected chi connectivity index (χ1v) is 6.07. The van der Waals surface area contributed by atoms with Crippen LogP contribution in [0.5, 0.6) is 0 Å². The SMILES string of the molecule is CC(C)(C)/C=C/CB1OC(C)(C)C(C)(C)O1. The van der Waals surface area contributed by atoms with Crippen molar-refractivity contribution < 1.29 is 9.31 Å². The van der Waals surface area contributed by atoms with Crippen LogP contribution in [-0.2, 0) is 9.31 Å². The van der Waals surface area contributed by atoms with E-state index in [2.05, 4.69) is 60.6 Å². The van der Waals surface area contributed by atoms with Gasteiger partial charge in [0.25, 0.3) is 0 Å². The normalized spacial score (nSPS) is 24.3. The Kier molecular flexibility index (Phi) is 3.61. The van der Waals surface area contributed by atoms with Crippen molar-refractivity contribution in [2.75, 3.05) is 0 Å². The molecule has 92 valence electrons. The molecule has 1 aliphatic rings. The van der Waals surface area contributed by atoms with Gasteiger partial charge in [0.05, 0.1) is 11.2 Å². The minimum Gasteiger partial charge on any atom is -0.403 e. The molecule has 0 aromatic rings. The lowest BCUT2D eigenvalue weighted by Gasteiger charge is -2.32. The fourth-order valence-electron chi connectivity index (χ4n) is 1.59. The lowest BCUT2D eigenvalue weighted by Crippen LogP contribution is -2.41. The molecule has 0 unspecified atom stereocenters. The average Bonchev–Trinajstić information content (AvgIpc) is 2.17. The molecule has 16 heavy (non-hydrogen) atoms. The number of hydrogen-bond donors (Lipinski definition) is 0. The molecule has 0 radical (unpaired) electrons. The van der Waals surface area contributed by atoms with Crippen LogP contribution in [0, 0.1) is 5.41 Å². The highest BCUT2D eigenvalue weighted by molar-refractivity contribution is 6.46. The summed E-state index contributed by atoms with van der Waals surface area (Å²) < 4.78 is 11.8. The van der Waals surface area contributed by atoms with Crippen LogP contribution >= 0.6 is 0 Å².